The second-order valence-electron chi connectivity index (χ2n) is 5.18. The number of benzene rings is 1. The van der Waals surface area contributed by atoms with Crippen molar-refractivity contribution in [2.45, 2.75) is 25.8 Å². The lowest BCUT2D eigenvalue weighted by molar-refractivity contribution is 0.422. The molecule has 1 saturated carbocycles. The van der Waals surface area contributed by atoms with Gasteiger partial charge in [0.25, 0.3) is 0 Å². The second kappa shape index (κ2) is 6.13. The van der Waals surface area contributed by atoms with E-state index < -0.39 is 0 Å². The molecule has 0 amide bonds. The minimum absolute atomic E-state index is 0.100. The van der Waals surface area contributed by atoms with Gasteiger partial charge in [0.2, 0.25) is 0 Å². The average Bonchev–Trinajstić information content (AvgIpc) is 3.18. The molecular weight excluding hydrogens is 295 g/mol. The maximum atomic E-state index is 13.2. The van der Waals surface area contributed by atoms with E-state index in [4.69, 9.17) is 5.73 Å². The van der Waals surface area contributed by atoms with Gasteiger partial charge in [-0.15, -0.1) is 0 Å². The lowest BCUT2D eigenvalue weighted by Gasteiger charge is -2.20. The van der Waals surface area contributed by atoms with Crippen LogP contribution in [0.15, 0.2) is 22.7 Å². The highest BCUT2D eigenvalue weighted by Gasteiger charge is 2.28. The molecule has 100 valence electrons. The van der Waals surface area contributed by atoms with E-state index >= 15 is 0 Å². The third kappa shape index (κ3) is 3.53. The van der Waals surface area contributed by atoms with Crippen molar-refractivity contribution < 1.29 is 4.39 Å². The van der Waals surface area contributed by atoms with Gasteiger partial charge in [-0.05, 0) is 64.8 Å². The molecule has 1 aromatic carbocycles. The highest BCUT2D eigenvalue weighted by Crippen LogP contribution is 2.36. The molecule has 1 aromatic rings. The van der Waals surface area contributed by atoms with Crippen LogP contribution in [-0.4, -0.2) is 13.1 Å². The molecule has 3 N–H and O–H groups in total. The Bertz CT molecular complexity index is 407. The number of rotatable bonds is 6. The minimum atomic E-state index is -0.235. The van der Waals surface area contributed by atoms with Gasteiger partial charge in [0.1, 0.15) is 5.82 Å². The predicted molar refractivity (Wildman–Crippen MR) is 75.8 cm³/mol. The van der Waals surface area contributed by atoms with Crippen molar-refractivity contribution in [3.05, 3.63) is 34.1 Å². The van der Waals surface area contributed by atoms with Crippen LogP contribution < -0.4 is 11.1 Å². The van der Waals surface area contributed by atoms with Crippen LogP contribution in [0.25, 0.3) is 0 Å². The van der Waals surface area contributed by atoms with Gasteiger partial charge in [-0.2, -0.15) is 0 Å². The van der Waals surface area contributed by atoms with Gasteiger partial charge in [-0.25, -0.2) is 4.39 Å². The monoisotopic (exact) mass is 314 g/mol. The Kier molecular flexibility index (Phi) is 4.76. The molecule has 2 atom stereocenters. The molecule has 1 aliphatic rings. The molecule has 2 unspecified atom stereocenters. The molecule has 2 nitrogen and oxygen atoms in total. The Balaban J connectivity index is 1.96. The van der Waals surface area contributed by atoms with Gasteiger partial charge in [-0.3, -0.25) is 0 Å². The molecule has 4 heteroatoms. The van der Waals surface area contributed by atoms with Crippen LogP contribution in [0.4, 0.5) is 4.39 Å². The zero-order valence-corrected chi connectivity index (χ0v) is 12.2. The van der Waals surface area contributed by atoms with Crippen LogP contribution in [0, 0.1) is 17.7 Å². The zero-order chi connectivity index (χ0) is 13.1. The van der Waals surface area contributed by atoms with E-state index in [-0.39, 0.29) is 11.9 Å². The average molecular weight is 315 g/mol. The zero-order valence-electron chi connectivity index (χ0n) is 10.6. The fourth-order valence-corrected chi connectivity index (χ4v) is 2.62. The number of halogens is 2. The summed E-state index contributed by atoms with van der Waals surface area (Å²) in [6.45, 7) is 3.77. The highest BCUT2D eigenvalue weighted by molar-refractivity contribution is 9.10. The van der Waals surface area contributed by atoms with Crippen molar-refractivity contribution in [3.8, 4) is 0 Å². The summed E-state index contributed by atoms with van der Waals surface area (Å²) in [7, 11) is 0. The summed E-state index contributed by atoms with van der Waals surface area (Å²) in [5.74, 6) is 1.35. The summed E-state index contributed by atoms with van der Waals surface area (Å²) >= 11 is 3.21. The minimum Gasteiger partial charge on any atom is -0.329 e. The van der Waals surface area contributed by atoms with Crippen molar-refractivity contribution in [3.63, 3.8) is 0 Å². The summed E-state index contributed by atoms with van der Waals surface area (Å²) in [5, 5.41) is 3.49. The summed E-state index contributed by atoms with van der Waals surface area (Å²) in [6, 6.07) is 5.19. The van der Waals surface area contributed by atoms with E-state index in [2.05, 4.69) is 28.2 Å². The van der Waals surface area contributed by atoms with Crippen molar-refractivity contribution in [1.82, 2.24) is 5.32 Å². The fourth-order valence-electron chi connectivity index (χ4n) is 2.23. The van der Waals surface area contributed by atoms with Crippen LogP contribution >= 0.6 is 15.9 Å². The molecule has 0 spiro atoms. The quantitative estimate of drug-likeness (QED) is 0.846. The van der Waals surface area contributed by atoms with Crippen molar-refractivity contribution in [2.24, 2.45) is 17.6 Å². The largest absolute Gasteiger partial charge is 0.329 e. The molecule has 0 heterocycles. The van der Waals surface area contributed by atoms with E-state index in [9.17, 15) is 4.39 Å². The SMILES string of the molecule is CC(CNC(CN)c1ccc(F)c(Br)c1)C1CC1. The van der Waals surface area contributed by atoms with Crippen molar-refractivity contribution >= 4 is 15.9 Å². The summed E-state index contributed by atoms with van der Waals surface area (Å²) in [6.07, 6.45) is 2.72. The van der Waals surface area contributed by atoms with Crippen LogP contribution in [0.5, 0.6) is 0 Å². The maximum Gasteiger partial charge on any atom is 0.137 e. The molecule has 0 aliphatic heterocycles. The van der Waals surface area contributed by atoms with E-state index in [0.29, 0.717) is 16.9 Å². The van der Waals surface area contributed by atoms with Gasteiger partial charge < -0.3 is 11.1 Å². The van der Waals surface area contributed by atoms with Crippen LogP contribution in [0.1, 0.15) is 31.4 Å². The van der Waals surface area contributed by atoms with Gasteiger partial charge in [-0.1, -0.05) is 13.0 Å². The number of hydrogen-bond donors (Lipinski definition) is 2. The number of nitrogens with one attached hydrogen (secondary N) is 1. The van der Waals surface area contributed by atoms with E-state index in [0.717, 1.165) is 18.0 Å². The molecule has 0 bridgehead atoms. The van der Waals surface area contributed by atoms with Crippen LogP contribution in [0.2, 0.25) is 0 Å². The summed E-state index contributed by atoms with van der Waals surface area (Å²) < 4.78 is 13.7. The van der Waals surface area contributed by atoms with Gasteiger partial charge in [0.15, 0.2) is 0 Å². The van der Waals surface area contributed by atoms with Gasteiger partial charge in [0.05, 0.1) is 4.47 Å². The Morgan fingerprint density at radius 1 is 1.50 bits per heavy atom. The summed E-state index contributed by atoms with van der Waals surface area (Å²) in [5.41, 5.74) is 6.84. The normalized spacial score (nSPS) is 18.7. The van der Waals surface area contributed by atoms with Crippen LogP contribution in [-0.2, 0) is 0 Å². The van der Waals surface area contributed by atoms with Gasteiger partial charge >= 0.3 is 0 Å². The third-order valence-corrected chi connectivity index (χ3v) is 4.30. The smallest absolute Gasteiger partial charge is 0.137 e. The maximum absolute atomic E-state index is 13.2. The van der Waals surface area contributed by atoms with Gasteiger partial charge in [0, 0.05) is 12.6 Å². The lowest BCUT2D eigenvalue weighted by Crippen LogP contribution is -2.32. The second-order valence-corrected chi connectivity index (χ2v) is 6.04. The third-order valence-electron chi connectivity index (χ3n) is 3.69. The van der Waals surface area contributed by atoms with E-state index in [1.54, 1.807) is 6.07 Å². The molecule has 0 radical (unpaired) electrons. The Morgan fingerprint density at radius 3 is 2.78 bits per heavy atom. The first-order valence-corrected chi connectivity index (χ1v) is 7.29. The predicted octanol–water partition coefficient (Wildman–Crippen LogP) is 3.22. The molecule has 1 fully saturated rings. The van der Waals surface area contributed by atoms with E-state index in [1.165, 1.54) is 18.9 Å². The number of nitrogens with two attached hydrogens (primary N) is 1. The standard InChI is InChI=1S/C14H20BrFN2/c1-9(10-2-3-10)8-18-14(7-17)11-4-5-13(16)12(15)6-11/h4-6,9-10,14,18H,2-3,7-8,17H2,1H3. The Morgan fingerprint density at radius 2 is 2.22 bits per heavy atom. The summed E-state index contributed by atoms with van der Waals surface area (Å²) in [4.78, 5) is 0. The lowest BCUT2D eigenvalue weighted by atomic mass is 10.0. The first-order valence-electron chi connectivity index (χ1n) is 6.50. The first-order chi connectivity index (χ1) is 8.61. The molecule has 0 aromatic heterocycles. The molecular formula is C14H20BrFN2. The topological polar surface area (TPSA) is 38.0 Å². The molecule has 2 rings (SSSR count). The number of hydrogen-bond acceptors (Lipinski definition) is 2. The van der Waals surface area contributed by atoms with Crippen molar-refractivity contribution in [1.29, 1.82) is 0 Å². The highest BCUT2D eigenvalue weighted by atomic mass is 79.9. The first kappa shape index (κ1) is 14.0. The van der Waals surface area contributed by atoms with Crippen molar-refractivity contribution in [2.75, 3.05) is 13.1 Å². The Labute approximate surface area is 116 Å². The fraction of sp³-hybridized carbons (Fsp3) is 0.571. The van der Waals surface area contributed by atoms with E-state index in [1.807, 2.05) is 6.07 Å². The van der Waals surface area contributed by atoms with Crippen LogP contribution in [0.3, 0.4) is 0 Å². The molecule has 0 saturated heterocycles. The molecule has 1 aliphatic carbocycles. The molecule has 18 heavy (non-hydrogen) atoms. The Hall–Kier alpha value is -0.450.